The Morgan fingerprint density at radius 3 is 2.83 bits per heavy atom. The van der Waals surface area contributed by atoms with Gasteiger partial charge in [-0.05, 0) is 18.9 Å². The lowest BCUT2D eigenvalue weighted by Crippen LogP contribution is -2.54. The van der Waals surface area contributed by atoms with E-state index in [1.807, 2.05) is 4.90 Å². The van der Waals surface area contributed by atoms with Crippen molar-refractivity contribution in [3.05, 3.63) is 41.7 Å². The summed E-state index contributed by atoms with van der Waals surface area (Å²) in [6.45, 7) is 8.01. The second-order valence-corrected chi connectivity index (χ2v) is 8.77. The summed E-state index contributed by atoms with van der Waals surface area (Å²) in [4.78, 5) is 23.6. The van der Waals surface area contributed by atoms with Crippen LogP contribution in [0.1, 0.15) is 26.2 Å². The highest BCUT2D eigenvalue weighted by Crippen LogP contribution is 2.27. The van der Waals surface area contributed by atoms with Gasteiger partial charge >= 0.3 is 0 Å². The van der Waals surface area contributed by atoms with Crippen molar-refractivity contribution in [2.75, 3.05) is 59.5 Å². The lowest BCUT2D eigenvalue weighted by molar-refractivity contribution is -0.139. The molecule has 7 nitrogen and oxygen atoms in total. The molecule has 1 N–H and O–H groups in total. The van der Waals surface area contributed by atoms with Crippen molar-refractivity contribution in [1.82, 2.24) is 24.5 Å². The first-order chi connectivity index (χ1) is 14.6. The van der Waals surface area contributed by atoms with E-state index in [-0.39, 0.29) is 18.4 Å². The number of likely N-dealkylation sites (tertiary alicyclic amines) is 1. The van der Waals surface area contributed by atoms with Crippen molar-refractivity contribution in [3.63, 3.8) is 0 Å². The van der Waals surface area contributed by atoms with E-state index >= 15 is 0 Å². The van der Waals surface area contributed by atoms with Crippen LogP contribution >= 0.6 is 0 Å². The molecular weight excluding hydrogens is 378 g/mol. The molecule has 1 amide bonds. The average Bonchev–Trinajstić information content (AvgIpc) is 2.83. The van der Waals surface area contributed by atoms with Gasteiger partial charge < -0.3 is 24.7 Å². The lowest BCUT2D eigenvalue weighted by Gasteiger charge is -2.39. The molecule has 4 heterocycles. The highest BCUT2D eigenvalue weighted by atomic mass is 16.3. The third-order valence-electron chi connectivity index (χ3n) is 6.74. The molecule has 1 atom stereocenters. The number of aliphatic hydroxyl groups is 1. The molecule has 0 bridgehead atoms. The van der Waals surface area contributed by atoms with Gasteiger partial charge in [-0.1, -0.05) is 18.7 Å². The fourth-order valence-electron chi connectivity index (χ4n) is 4.72. The highest BCUT2D eigenvalue weighted by molar-refractivity contribution is 5.79. The van der Waals surface area contributed by atoms with Gasteiger partial charge in [0.2, 0.25) is 5.91 Å². The van der Waals surface area contributed by atoms with Gasteiger partial charge in [-0.3, -0.25) is 9.69 Å². The molecule has 0 aromatic rings. The fraction of sp³-hybridized carbons (Fsp3) is 0.652. The van der Waals surface area contributed by atoms with Crippen LogP contribution in [0.3, 0.4) is 0 Å². The summed E-state index contributed by atoms with van der Waals surface area (Å²) in [5, 5.41) is 9.14. The summed E-state index contributed by atoms with van der Waals surface area (Å²) in [7, 11) is 2.17. The van der Waals surface area contributed by atoms with Crippen molar-refractivity contribution in [2.24, 2.45) is 5.92 Å². The maximum atomic E-state index is 12.5. The van der Waals surface area contributed by atoms with E-state index < -0.39 is 0 Å². The smallest absolute Gasteiger partial charge is 0.236 e. The topological polar surface area (TPSA) is 53.5 Å². The maximum absolute atomic E-state index is 12.5. The van der Waals surface area contributed by atoms with E-state index in [0.717, 1.165) is 51.1 Å². The van der Waals surface area contributed by atoms with Crippen LogP contribution < -0.4 is 0 Å². The molecule has 30 heavy (non-hydrogen) atoms. The first kappa shape index (κ1) is 21.0. The Labute approximate surface area is 180 Å². The van der Waals surface area contributed by atoms with Crippen LogP contribution in [0.5, 0.6) is 0 Å². The second-order valence-electron chi connectivity index (χ2n) is 8.77. The van der Waals surface area contributed by atoms with E-state index in [0.29, 0.717) is 25.8 Å². The summed E-state index contributed by atoms with van der Waals surface area (Å²) in [5.74, 6) is 0.470. The van der Waals surface area contributed by atoms with E-state index in [9.17, 15) is 4.79 Å². The van der Waals surface area contributed by atoms with Crippen LogP contribution in [-0.4, -0.2) is 101 Å². The number of nitrogens with zero attached hydrogens (tertiary/aromatic N) is 5. The van der Waals surface area contributed by atoms with Crippen LogP contribution in [0.4, 0.5) is 0 Å². The SMILES string of the molecule is CCC1=CN2C=C=C(N3CCCN(CC(=O)N4CC(CO)C4)CC3)/C=C\CC2N1C. The van der Waals surface area contributed by atoms with Gasteiger partial charge in [0.05, 0.1) is 18.4 Å². The average molecular weight is 414 g/mol. The van der Waals surface area contributed by atoms with Crippen LogP contribution in [0.25, 0.3) is 0 Å². The van der Waals surface area contributed by atoms with Crippen molar-refractivity contribution in [3.8, 4) is 0 Å². The molecule has 164 valence electrons. The Morgan fingerprint density at radius 1 is 1.23 bits per heavy atom. The molecule has 2 fully saturated rings. The van der Waals surface area contributed by atoms with Gasteiger partial charge in [0.1, 0.15) is 6.17 Å². The van der Waals surface area contributed by atoms with Crippen LogP contribution in [-0.2, 0) is 4.79 Å². The normalized spacial score (nSPS) is 26.4. The predicted molar refractivity (Wildman–Crippen MR) is 117 cm³/mol. The van der Waals surface area contributed by atoms with Crippen molar-refractivity contribution < 1.29 is 9.90 Å². The number of carbonyl (C=O) groups excluding carboxylic acids is 1. The number of hydrogen-bond donors (Lipinski definition) is 1. The Balaban J connectivity index is 1.35. The number of fused-ring (bicyclic) bond motifs is 1. The summed E-state index contributed by atoms with van der Waals surface area (Å²) < 4.78 is 0. The monoisotopic (exact) mass is 413 g/mol. The molecule has 0 aromatic heterocycles. The molecule has 0 aliphatic carbocycles. The third-order valence-corrected chi connectivity index (χ3v) is 6.74. The summed E-state index contributed by atoms with van der Waals surface area (Å²) in [6.07, 6.45) is 12.2. The van der Waals surface area contributed by atoms with Crippen molar-refractivity contribution >= 4 is 5.91 Å². The van der Waals surface area contributed by atoms with Crippen LogP contribution in [0.2, 0.25) is 0 Å². The first-order valence-electron chi connectivity index (χ1n) is 11.3. The van der Waals surface area contributed by atoms with E-state index in [2.05, 4.69) is 63.9 Å². The largest absolute Gasteiger partial charge is 0.396 e. The minimum atomic E-state index is 0.183. The molecular formula is C23H35N5O2. The molecule has 0 radical (unpaired) electrons. The zero-order chi connectivity index (χ0) is 21.1. The van der Waals surface area contributed by atoms with Crippen LogP contribution in [0, 0.1) is 5.92 Å². The molecule has 7 heteroatoms. The van der Waals surface area contributed by atoms with Gasteiger partial charge in [-0.15, -0.1) is 0 Å². The highest BCUT2D eigenvalue weighted by Gasteiger charge is 2.31. The third kappa shape index (κ3) is 4.43. The quantitative estimate of drug-likeness (QED) is 0.685. The molecule has 4 rings (SSSR count). The minimum Gasteiger partial charge on any atom is -0.396 e. The Bertz CT molecular complexity index is 764. The molecule has 2 saturated heterocycles. The Kier molecular flexibility index (Phi) is 6.52. The number of allylic oxidation sites excluding steroid dienone is 2. The lowest BCUT2D eigenvalue weighted by atomic mass is 10.0. The Morgan fingerprint density at radius 2 is 2.07 bits per heavy atom. The molecule has 0 aromatic carbocycles. The molecule has 4 aliphatic rings. The van der Waals surface area contributed by atoms with Gasteiger partial charge in [0, 0.05) is 77.2 Å². The van der Waals surface area contributed by atoms with Gasteiger partial charge in [0.15, 0.2) is 0 Å². The van der Waals surface area contributed by atoms with Crippen molar-refractivity contribution in [2.45, 2.75) is 32.4 Å². The molecule has 1 unspecified atom stereocenters. The number of amides is 1. The van der Waals surface area contributed by atoms with E-state index in [4.69, 9.17) is 5.11 Å². The molecule has 0 saturated carbocycles. The number of carbonyl (C=O) groups is 1. The first-order valence-corrected chi connectivity index (χ1v) is 11.3. The molecule has 0 spiro atoms. The standard InChI is InChI=1S/C23H35N5O2/c1-3-20-16-27-11-8-21(6-4-7-22(27)24(20)2)26-10-5-9-25(12-13-26)17-23(30)28-14-19(15-28)18-29/h4,6,11,16,19,22,29H,3,5,7,9-10,12-15,17-18H2,1-2H3/b6-4-. The number of aliphatic hydroxyl groups excluding tert-OH is 1. The van der Waals surface area contributed by atoms with Gasteiger partial charge in [-0.2, -0.15) is 0 Å². The van der Waals surface area contributed by atoms with E-state index in [1.54, 1.807) is 0 Å². The summed E-state index contributed by atoms with van der Waals surface area (Å²) >= 11 is 0. The molecule has 4 aliphatic heterocycles. The zero-order valence-electron chi connectivity index (χ0n) is 18.3. The van der Waals surface area contributed by atoms with Gasteiger partial charge in [-0.25, -0.2) is 0 Å². The van der Waals surface area contributed by atoms with Crippen molar-refractivity contribution in [1.29, 1.82) is 0 Å². The summed E-state index contributed by atoms with van der Waals surface area (Å²) in [6, 6.07) is 0. The summed E-state index contributed by atoms with van der Waals surface area (Å²) in [5.41, 5.74) is 6.02. The predicted octanol–water partition coefficient (Wildman–Crippen LogP) is 1.23. The Hall–Kier alpha value is -2.21. The van der Waals surface area contributed by atoms with Gasteiger partial charge in [0.25, 0.3) is 0 Å². The van der Waals surface area contributed by atoms with E-state index in [1.165, 1.54) is 5.70 Å². The zero-order valence-corrected chi connectivity index (χ0v) is 18.3. The fourth-order valence-corrected chi connectivity index (χ4v) is 4.72. The second kappa shape index (κ2) is 9.29. The van der Waals surface area contributed by atoms with Crippen LogP contribution in [0.15, 0.2) is 41.7 Å². The number of hydrogen-bond acceptors (Lipinski definition) is 6. The maximum Gasteiger partial charge on any atom is 0.236 e. The number of rotatable bonds is 5. The minimum absolute atomic E-state index is 0.183.